The van der Waals surface area contributed by atoms with Crippen molar-refractivity contribution in [3.8, 4) is 11.4 Å². The molecule has 1 aliphatic heterocycles. The van der Waals surface area contributed by atoms with Crippen molar-refractivity contribution in [1.82, 2.24) is 20.0 Å². The molecule has 0 bridgehead atoms. The van der Waals surface area contributed by atoms with Gasteiger partial charge >= 0.3 is 0 Å². The van der Waals surface area contributed by atoms with E-state index in [0.29, 0.717) is 49.2 Å². The predicted octanol–water partition coefficient (Wildman–Crippen LogP) is 5.57. The van der Waals surface area contributed by atoms with Crippen molar-refractivity contribution < 1.29 is 9.84 Å². The molecule has 6 rings (SSSR count). The molecule has 0 amide bonds. The molecule has 7 nitrogen and oxygen atoms in total. The Balaban J connectivity index is 1.18. The fourth-order valence-electron chi connectivity index (χ4n) is 5.15. The van der Waals surface area contributed by atoms with E-state index in [4.69, 9.17) is 16.3 Å². The lowest BCUT2D eigenvalue weighted by molar-refractivity contribution is 0.0117. The van der Waals surface area contributed by atoms with Gasteiger partial charge in [-0.05, 0) is 68.5 Å². The van der Waals surface area contributed by atoms with E-state index in [-0.39, 0.29) is 0 Å². The predicted molar refractivity (Wildman–Crippen MR) is 143 cm³/mol. The third-order valence-corrected chi connectivity index (χ3v) is 7.79. The highest BCUT2D eigenvalue weighted by molar-refractivity contribution is 6.31. The summed E-state index contributed by atoms with van der Waals surface area (Å²) in [6.45, 7) is 3.83. The summed E-state index contributed by atoms with van der Waals surface area (Å²) in [7, 11) is 0. The van der Waals surface area contributed by atoms with Crippen LogP contribution in [0.4, 0.5) is 5.82 Å². The zero-order valence-electron chi connectivity index (χ0n) is 20.8. The first kappa shape index (κ1) is 23.9. The summed E-state index contributed by atoms with van der Waals surface area (Å²) in [4.78, 5) is 6.63. The summed E-state index contributed by atoms with van der Waals surface area (Å²) >= 11 is 6.71. The number of pyridine rings is 1. The third kappa shape index (κ3) is 4.81. The molecule has 0 spiro atoms. The second-order valence-electron chi connectivity index (χ2n) is 10.0. The molecule has 2 aromatic heterocycles. The minimum Gasteiger partial charge on any atom is -0.487 e. The number of rotatable bonds is 7. The molecular weight excluding hydrogens is 486 g/mol. The van der Waals surface area contributed by atoms with Gasteiger partial charge in [-0.1, -0.05) is 47.1 Å². The number of nitrogens with zero attached hydrogens (tertiary/aromatic N) is 5. The smallest absolute Gasteiger partial charge is 0.132 e. The zero-order chi connectivity index (χ0) is 25.4. The summed E-state index contributed by atoms with van der Waals surface area (Å²) in [5.74, 6) is 2.04. The Bertz CT molecular complexity index is 1390. The van der Waals surface area contributed by atoms with E-state index in [1.165, 1.54) is 0 Å². The summed E-state index contributed by atoms with van der Waals surface area (Å²) in [5, 5.41) is 20.9. The Morgan fingerprint density at radius 3 is 2.54 bits per heavy atom. The van der Waals surface area contributed by atoms with Crippen molar-refractivity contribution in [1.29, 1.82) is 0 Å². The number of aromatic nitrogens is 4. The molecular formula is C29H30ClN5O2. The van der Waals surface area contributed by atoms with Crippen molar-refractivity contribution in [3.63, 3.8) is 0 Å². The molecule has 1 saturated carbocycles. The van der Waals surface area contributed by atoms with Crippen molar-refractivity contribution in [3.05, 3.63) is 94.4 Å². The second kappa shape index (κ2) is 9.80. The first-order valence-corrected chi connectivity index (χ1v) is 13.2. The fraction of sp³-hybridized carbons (Fsp3) is 0.345. The highest BCUT2D eigenvalue weighted by atomic mass is 35.5. The van der Waals surface area contributed by atoms with Gasteiger partial charge in [-0.3, -0.25) is 0 Å². The second-order valence-corrected chi connectivity index (χ2v) is 10.4. The molecule has 2 fully saturated rings. The molecule has 190 valence electrons. The van der Waals surface area contributed by atoms with Gasteiger partial charge in [-0.25, -0.2) is 9.67 Å². The normalized spacial score (nSPS) is 17.1. The molecule has 1 saturated heterocycles. The minimum absolute atomic E-state index is 0.339. The van der Waals surface area contributed by atoms with Crippen LogP contribution >= 0.6 is 11.6 Å². The van der Waals surface area contributed by atoms with Crippen LogP contribution in [0, 0.1) is 6.92 Å². The van der Waals surface area contributed by atoms with Crippen molar-refractivity contribution >= 4 is 17.4 Å². The van der Waals surface area contributed by atoms with Gasteiger partial charge in [-0.2, -0.15) is 0 Å². The molecule has 2 aliphatic rings. The number of hydrogen-bond donors (Lipinski definition) is 1. The van der Waals surface area contributed by atoms with Crippen molar-refractivity contribution in [2.75, 3.05) is 18.0 Å². The van der Waals surface area contributed by atoms with Crippen LogP contribution in [0.3, 0.4) is 0 Å². The average molecular weight is 516 g/mol. The number of hydrogen-bond acceptors (Lipinski definition) is 6. The van der Waals surface area contributed by atoms with Gasteiger partial charge in [0.15, 0.2) is 0 Å². The number of aliphatic hydroxyl groups is 1. The van der Waals surface area contributed by atoms with Gasteiger partial charge in [0.1, 0.15) is 23.9 Å². The van der Waals surface area contributed by atoms with E-state index in [1.54, 1.807) is 12.3 Å². The average Bonchev–Trinajstić information content (AvgIpc) is 3.68. The van der Waals surface area contributed by atoms with Crippen LogP contribution in [0.15, 0.2) is 66.9 Å². The lowest BCUT2D eigenvalue weighted by Crippen LogP contribution is -2.43. The maximum Gasteiger partial charge on any atom is 0.132 e. The summed E-state index contributed by atoms with van der Waals surface area (Å²) < 4.78 is 8.12. The number of ether oxygens (including phenoxy) is 1. The Morgan fingerprint density at radius 1 is 1.05 bits per heavy atom. The van der Waals surface area contributed by atoms with Crippen LogP contribution in [-0.2, 0) is 12.2 Å². The van der Waals surface area contributed by atoms with E-state index >= 15 is 0 Å². The Hall–Kier alpha value is -3.42. The molecule has 1 N–H and O–H groups in total. The van der Waals surface area contributed by atoms with Crippen LogP contribution in [0.5, 0.6) is 5.75 Å². The fourth-order valence-corrected chi connectivity index (χ4v) is 5.49. The maximum atomic E-state index is 11.5. The van der Waals surface area contributed by atoms with Crippen LogP contribution in [0.1, 0.15) is 54.1 Å². The Labute approximate surface area is 221 Å². The lowest BCUT2D eigenvalue weighted by atomic mass is 9.84. The summed E-state index contributed by atoms with van der Waals surface area (Å²) in [6.07, 6.45) is 5.22. The first-order chi connectivity index (χ1) is 18.0. The van der Waals surface area contributed by atoms with Crippen molar-refractivity contribution in [2.24, 2.45) is 0 Å². The Morgan fingerprint density at radius 2 is 1.84 bits per heavy atom. The monoisotopic (exact) mass is 515 g/mol. The quantitative estimate of drug-likeness (QED) is 0.347. The molecule has 4 aromatic rings. The van der Waals surface area contributed by atoms with Crippen LogP contribution in [0.2, 0.25) is 5.02 Å². The highest BCUT2D eigenvalue weighted by Crippen LogP contribution is 2.42. The molecule has 1 aliphatic carbocycles. The number of piperidine rings is 1. The van der Waals surface area contributed by atoms with Crippen molar-refractivity contribution in [2.45, 2.75) is 50.7 Å². The summed E-state index contributed by atoms with van der Waals surface area (Å²) in [6, 6.07) is 19.6. The number of benzene rings is 2. The van der Waals surface area contributed by atoms with Gasteiger partial charge < -0.3 is 14.7 Å². The molecule has 0 radical (unpaired) electrons. The topological polar surface area (TPSA) is 76.3 Å². The van der Waals surface area contributed by atoms with E-state index in [2.05, 4.69) is 39.3 Å². The molecule has 37 heavy (non-hydrogen) atoms. The van der Waals surface area contributed by atoms with Crippen LogP contribution in [0.25, 0.3) is 5.69 Å². The lowest BCUT2D eigenvalue weighted by Gasteiger charge is -2.39. The van der Waals surface area contributed by atoms with E-state index in [9.17, 15) is 5.11 Å². The maximum absolute atomic E-state index is 11.5. The minimum atomic E-state index is -0.979. The van der Waals surface area contributed by atoms with Gasteiger partial charge in [0.25, 0.3) is 0 Å². The largest absolute Gasteiger partial charge is 0.487 e. The molecule has 3 heterocycles. The van der Waals surface area contributed by atoms with E-state index < -0.39 is 5.60 Å². The van der Waals surface area contributed by atoms with Gasteiger partial charge in [-0.15, -0.1) is 5.10 Å². The number of aryl methyl sites for hydroxylation is 1. The van der Waals surface area contributed by atoms with Gasteiger partial charge in [0, 0.05) is 30.8 Å². The third-order valence-electron chi connectivity index (χ3n) is 7.48. The van der Waals surface area contributed by atoms with Crippen LogP contribution < -0.4 is 9.64 Å². The molecule has 8 heteroatoms. The molecule has 2 aromatic carbocycles. The molecule has 0 unspecified atom stereocenters. The molecule has 0 atom stereocenters. The van der Waals surface area contributed by atoms with Gasteiger partial charge in [0.2, 0.25) is 0 Å². The number of anilines is 1. The standard InChI is InChI=1S/C29H30ClN5O2/c1-20-6-2-3-7-25(20)35-26(28(32-33-35)21-9-10-21)19-37-22-11-12-23(24(30)18-22)29(36)13-16-34(17-14-29)27-8-4-5-15-31-27/h2-8,11-12,15,18,21,36H,9-10,13-14,16-17,19H2,1H3. The highest BCUT2D eigenvalue weighted by Gasteiger charge is 2.36. The van der Waals surface area contributed by atoms with Crippen LogP contribution in [-0.4, -0.2) is 38.2 Å². The zero-order valence-corrected chi connectivity index (χ0v) is 21.6. The van der Waals surface area contributed by atoms with E-state index in [0.717, 1.165) is 46.9 Å². The first-order valence-electron chi connectivity index (χ1n) is 12.8. The summed E-state index contributed by atoms with van der Waals surface area (Å²) in [5.41, 5.74) is 3.89. The number of para-hydroxylation sites is 1. The van der Waals surface area contributed by atoms with Gasteiger partial charge in [0.05, 0.1) is 22.0 Å². The number of halogens is 1. The van der Waals surface area contributed by atoms with E-state index in [1.807, 2.05) is 47.1 Å². The Kier molecular flexibility index (Phi) is 6.34. The SMILES string of the molecule is Cc1ccccc1-n1nnc(C2CC2)c1COc1ccc(C2(O)CCN(c3ccccn3)CC2)c(Cl)c1.